The van der Waals surface area contributed by atoms with Gasteiger partial charge in [-0.25, -0.2) is 0 Å². The molecule has 90 valence electrons. The van der Waals surface area contributed by atoms with E-state index in [0.717, 1.165) is 12.1 Å². The van der Waals surface area contributed by atoms with Crippen LogP contribution in [0.2, 0.25) is 0 Å². The van der Waals surface area contributed by atoms with Gasteiger partial charge in [0.2, 0.25) is 11.8 Å². The van der Waals surface area contributed by atoms with Crippen LogP contribution in [0.25, 0.3) is 0 Å². The molecule has 5 heteroatoms. The number of rotatable bonds is 3. The lowest BCUT2D eigenvalue weighted by Crippen LogP contribution is -2.47. The molecule has 1 aliphatic rings. The SMILES string of the molecule is NC(=O)c1ccccc1CN1CCNCC1=O. The Hall–Kier alpha value is -1.88. The quantitative estimate of drug-likeness (QED) is 0.753. The summed E-state index contributed by atoms with van der Waals surface area (Å²) in [4.78, 5) is 24.6. The molecule has 2 rings (SSSR count). The van der Waals surface area contributed by atoms with Crippen molar-refractivity contribution in [1.82, 2.24) is 10.2 Å². The van der Waals surface area contributed by atoms with Gasteiger partial charge in [0.15, 0.2) is 0 Å². The molecule has 1 saturated heterocycles. The molecule has 0 aromatic heterocycles. The molecule has 5 nitrogen and oxygen atoms in total. The molecule has 2 amide bonds. The number of benzene rings is 1. The number of carbonyl (C=O) groups excluding carboxylic acids is 2. The van der Waals surface area contributed by atoms with Gasteiger partial charge in [0.25, 0.3) is 0 Å². The summed E-state index contributed by atoms with van der Waals surface area (Å²) >= 11 is 0. The Morgan fingerprint density at radius 3 is 2.88 bits per heavy atom. The lowest BCUT2D eigenvalue weighted by atomic mass is 10.1. The maximum atomic E-state index is 11.6. The van der Waals surface area contributed by atoms with E-state index in [4.69, 9.17) is 5.73 Å². The van der Waals surface area contributed by atoms with Gasteiger partial charge in [0.05, 0.1) is 6.54 Å². The molecule has 0 atom stereocenters. The summed E-state index contributed by atoms with van der Waals surface area (Å²) in [5, 5.41) is 3.00. The summed E-state index contributed by atoms with van der Waals surface area (Å²) in [6, 6.07) is 7.12. The van der Waals surface area contributed by atoms with Gasteiger partial charge in [0.1, 0.15) is 0 Å². The minimum Gasteiger partial charge on any atom is -0.366 e. The van der Waals surface area contributed by atoms with Gasteiger partial charge >= 0.3 is 0 Å². The molecule has 0 saturated carbocycles. The Labute approximate surface area is 99.6 Å². The van der Waals surface area contributed by atoms with E-state index in [0.29, 0.717) is 25.2 Å². The monoisotopic (exact) mass is 233 g/mol. The van der Waals surface area contributed by atoms with Crippen LogP contribution in [0.4, 0.5) is 0 Å². The van der Waals surface area contributed by atoms with Crippen LogP contribution < -0.4 is 11.1 Å². The van der Waals surface area contributed by atoms with Crippen molar-refractivity contribution >= 4 is 11.8 Å². The third kappa shape index (κ3) is 2.62. The minimum atomic E-state index is -0.455. The van der Waals surface area contributed by atoms with Crippen LogP contribution in [0.5, 0.6) is 0 Å². The van der Waals surface area contributed by atoms with Gasteiger partial charge in [-0.15, -0.1) is 0 Å². The van der Waals surface area contributed by atoms with Crippen molar-refractivity contribution in [3.8, 4) is 0 Å². The molecule has 1 aromatic carbocycles. The number of amides is 2. The predicted octanol–water partition coefficient (Wildman–Crippen LogP) is -0.283. The number of nitrogens with zero attached hydrogens (tertiary/aromatic N) is 1. The van der Waals surface area contributed by atoms with Gasteiger partial charge in [-0.1, -0.05) is 18.2 Å². The summed E-state index contributed by atoms with van der Waals surface area (Å²) < 4.78 is 0. The van der Waals surface area contributed by atoms with E-state index in [1.54, 1.807) is 17.0 Å². The Morgan fingerprint density at radius 1 is 1.41 bits per heavy atom. The largest absolute Gasteiger partial charge is 0.366 e. The predicted molar refractivity (Wildman–Crippen MR) is 63.2 cm³/mol. The molecule has 1 aliphatic heterocycles. The molecule has 1 heterocycles. The smallest absolute Gasteiger partial charge is 0.249 e. The highest BCUT2D eigenvalue weighted by Crippen LogP contribution is 2.12. The van der Waals surface area contributed by atoms with E-state index in [9.17, 15) is 9.59 Å². The van der Waals surface area contributed by atoms with Gasteiger partial charge in [-0.3, -0.25) is 9.59 Å². The number of piperazine rings is 1. The summed E-state index contributed by atoms with van der Waals surface area (Å²) in [5.74, 6) is -0.404. The van der Waals surface area contributed by atoms with E-state index >= 15 is 0 Å². The Morgan fingerprint density at radius 2 is 2.18 bits per heavy atom. The summed E-state index contributed by atoms with van der Waals surface area (Å²) in [6.07, 6.45) is 0. The van der Waals surface area contributed by atoms with E-state index < -0.39 is 5.91 Å². The van der Waals surface area contributed by atoms with Crippen molar-refractivity contribution in [3.63, 3.8) is 0 Å². The molecule has 0 aliphatic carbocycles. The molecule has 1 aromatic rings. The number of primary amides is 1. The van der Waals surface area contributed by atoms with Crippen LogP contribution >= 0.6 is 0 Å². The zero-order valence-electron chi connectivity index (χ0n) is 9.48. The van der Waals surface area contributed by atoms with Crippen molar-refractivity contribution in [2.45, 2.75) is 6.54 Å². The fourth-order valence-electron chi connectivity index (χ4n) is 1.92. The van der Waals surface area contributed by atoms with Crippen LogP contribution in [0.15, 0.2) is 24.3 Å². The lowest BCUT2D eigenvalue weighted by molar-refractivity contribution is -0.132. The van der Waals surface area contributed by atoms with Crippen LogP contribution in [-0.2, 0) is 11.3 Å². The fraction of sp³-hybridized carbons (Fsp3) is 0.333. The summed E-state index contributed by atoms with van der Waals surface area (Å²) in [5.41, 5.74) is 6.59. The van der Waals surface area contributed by atoms with Crippen molar-refractivity contribution < 1.29 is 9.59 Å². The first-order valence-electron chi connectivity index (χ1n) is 5.54. The molecule has 0 radical (unpaired) electrons. The van der Waals surface area contributed by atoms with Gasteiger partial charge in [-0.05, 0) is 11.6 Å². The minimum absolute atomic E-state index is 0.0514. The normalized spacial score (nSPS) is 16.0. The number of carbonyl (C=O) groups is 2. The average molecular weight is 233 g/mol. The van der Waals surface area contributed by atoms with Crippen LogP contribution in [-0.4, -0.2) is 36.3 Å². The standard InChI is InChI=1S/C12H15N3O2/c13-12(17)10-4-2-1-3-9(10)8-15-6-5-14-7-11(15)16/h1-4,14H,5-8H2,(H2,13,17). The second-order valence-electron chi connectivity index (χ2n) is 4.01. The highest BCUT2D eigenvalue weighted by Gasteiger charge is 2.19. The third-order valence-electron chi connectivity index (χ3n) is 2.83. The lowest BCUT2D eigenvalue weighted by Gasteiger charge is -2.27. The number of hydrogen-bond acceptors (Lipinski definition) is 3. The van der Waals surface area contributed by atoms with Crippen LogP contribution in [0.3, 0.4) is 0 Å². The molecule has 0 unspecified atom stereocenters. The van der Waals surface area contributed by atoms with E-state index in [2.05, 4.69) is 5.32 Å². The maximum Gasteiger partial charge on any atom is 0.249 e. The van der Waals surface area contributed by atoms with Crippen LogP contribution in [0, 0.1) is 0 Å². The first-order chi connectivity index (χ1) is 8.18. The zero-order valence-corrected chi connectivity index (χ0v) is 9.48. The van der Waals surface area contributed by atoms with Crippen molar-refractivity contribution in [3.05, 3.63) is 35.4 Å². The van der Waals surface area contributed by atoms with E-state index in [1.807, 2.05) is 12.1 Å². The molecule has 3 N–H and O–H groups in total. The van der Waals surface area contributed by atoms with Crippen molar-refractivity contribution in [1.29, 1.82) is 0 Å². The molecular formula is C12H15N3O2. The first-order valence-corrected chi connectivity index (χ1v) is 5.54. The second kappa shape index (κ2) is 4.97. The summed E-state index contributed by atoms with van der Waals surface area (Å²) in [7, 11) is 0. The van der Waals surface area contributed by atoms with Crippen molar-refractivity contribution in [2.24, 2.45) is 5.73 Å². The van der Waals surface area contributed by atoms with Crippen molar-refractivity contribution in [2.75, 3.05) is 19.6 Å². The van der Waals surface area contributed by atoms with Gasteiger partial charge < -0.3 is 16.0 Å². The average Bonchev–Trinajstić information content (AvgIpc) is 2.32. The molecular weight excluding hydrogens is 218 g/mol. The topological polar surface area (TPSA) is 75.4 Å². The van der Waals surface area contributed by atoms with Gasteiger partial charge in [-0.2, -0.15) is 0 Å². The number of nitrogens with one attached hydrogen (secondary N) is 1. The maximum absolute atomic E-state index is 11.6. The molecule has 0 spiro atoms. The van der Waals surface area contributed by atoms with E-state index in [1.165, 1.54) is 0 Å². The first kappa shape index (κ1) is 11.6. The number of nitrogens with two attached hydrogens (primary N) is 1. The third-order valence-corrected chi connectivity index (χ3v) is 2.83. The Kier molecular flexibility index (Phi) is 3.39. The zero-order chi connectivity index (χ0) is 12.3. The Balaban J connectivity index is 2.17. The highest BCUT2D eigenvalue weighted by molar-refractivity contribution is 5.94. The fourth-order valence-corrected chi connectivity index (χ4v) is 1.92. The second-order valence-corrected chi connectivity index (χ2v) is 4.01. The molecule has 1 fully saturated rings. The van der Waals surface area contributed by atoms with Gasteiger partial charge in [0, 0.05) is 25.2 Å². The van der Waals surface area contributed by atoms with Crippen LogP contribution in [0.1, 0.15) is 15.9 Å². The molecule has 0 bridgehead atoms. The number of hydrogen-bond donors (Lipinski definition) is 2. The molecule has 17 heavy (non-hydrogen) atoms. The Bertz CT molecular complexity index is 445. The summed E-state index contributed by atoms with van der Waals surface area (Å²) in [6.45, 7) is 2.24. The highest BCUT2D eigenvalue weighted by atomic mass is 16.2. The van der Waals surface area contributed by atoms with E-state index in [-0.39, 0.29) is 5.91 Å².